The van der Waals surface area contributed by atoms with E-state index in [-0.39, 0.29) is 17.7 Å². The third-order valence-corrected chi connectivity index (χ3v) is 5.45. The van der Waals surface area contributed by atoms with Crippen LogP contribution in [0.1, 0.15) is 70.1 Å². The number of aryl methyl sites for hydroxylation is 1. The summed E-state index contributed by atoms with van der Waals surface area (Å²) in [5.41, 5.74) is 4.53. The van der Waals surface area contributed by atoms with Gasteiger partial charge in [-0.2, -0.15) is 5.10 Å². The number of hydrogen-bond acceptors (Lipinski definition) is 3. The van der Waals surface area contributed by atoms with E-state index in [2.05, 4.69) is 50.9 Å². The maximum absolute atomic E-state index is 13.2. The molecule has 0 radical (unpaired) electrons. The molecule has 2 N–H and O–H groups in total. The summed E-state index contributed by atoms with van der Waals surface area (Å²) in [5, 5.41) is 17.8. The first kappa shape index (κ1) is 20.4. The second-order valence-electron chi connectivity index (χ2n) is 9.51. The standard InChI is InChI=1S/C22H31N3O3/c1-13(2)16-8-14-6-7-15(9-19(26)27)21(28)25(12-22(3,4)5)11-18(14)17-10-23-24-20(16)17/h8,10,13,15H,6-7,9,11-12H2,1-5H3,(H,23,24)(H,26,27)/t15-/m0/s1. The van der Waals surface area contributed by atoms with E-state index in [9.17, 15) is 14.7 Å². The van der Waals surface area contributed by atoms with Crippen LogP contribution >= 0.6 is 0 Å². The highest BCUT2D eigenvalue weighted by molar-refractivity contribution is 5.88. The monoisotopic (exact) mass is 385 g/mol. The van der Waals surface area contributed by atoms with E-state index in [4.69, 9.17) is 0 Å². The number of H-pyrrole nitrogens is 1. The smallest absolute Gasteiger partial charge is 0.304 e. The molecule has 0 saturated carbocycles. The second-order valence-corrected chi connectivity index (χ2v) is 9.51. The quantitative estimate of drug-likeness (QED) is 0.830. The number of rotatable bonds is 4. The van der Waals surface area contributed by atoms with Crippen molar-refractivity contribution in [2.24, 2.45) is 11.3 Å². The van der Waals surface area contributed by atoms with Crippen LogP contribution in [0.3, 0.4) is 0 Å². The van der Waals surface area contributed by atoms with Crippen LogP contribution in [0.2, 0.25) is 0 Å². The summed E-state index contributed by atoms with van der Waals surface area (Å²) >= 11 is 0. The highest BCUT2D eigenvalue weighted by atomic mass is 16.4. The number of amides is 1. The van der Waals surface area contributed by atoms with Gasteiger partial charge in [0.25, 0.3) is 0 Å². The van der Waals surface area contributed by atoms with Gasteiger partial charge in [-0.05, 0) is 40.9 Å². The number of carboxylic acids is 1. The Bertz CT molecular complexity index is 892. The van der Waals surface area contributed by atoms with Gasteiger partial charge in [-0.15, -0.1) is 0 Å². The Kier molecular flexibility index (Phi) is 5.50. The average Bonchev–Trinajstić information content (AvgIpc) is 3.04. The van der Waals surface area contributed by atoms with Crippen LogP contribution in [-0.2, 0) is 22.6 Å². The summed E-state index contributed by atoms with van der Waals surface area (Å²) in [4.78, 5) is 26.4. The molecule has 1 aliphatic heterocycles. The molecule has 2 aromatic rings. The molecule has 0 spiro atoms. The van der Waals surface area contributed by atoms with Gasteiger partial charge in [-0.25, -0.2) is 0 Å². The third kappa shape index (κ3) is 4.21. The lowest BCUT2D eigenvalue weighted by Gasteiger charge is -2.35. The van der Waals surface area contributed by atoms with Crippen molar-refractivity contribution in [1.29, 1.82) is 0 Å². The lowest BCUT2D eigenvalue weighted by Crippen LogP contribution is -2.42. The number of fused-ring (bicyclic) bond motifs is 3. The molecule has 0 bridgehead atoms. The van der Waals surface area contributed by atoms with Crippen molar-refractivity contribution in [3.63, 3.8) is 0 Å². The molecular weight excluding hydrogens is 354 g/mol. The Morgan fingerprint density at radius 1 is 1.39 bits per heavy atom. The zero-order chi connectivity index (χ0) is 20.6. The largest absolute Gasteiger partial charge is 0.481 e. The topological polar surface area (TPSA) is 86.3 Å². The van der Waals surface area contributed by atoms with Crippen molar-refractivity contribution in [3.8, 4) is 0 Å². The zero-order valence-electron chi connectivity index (χ0n) is 17.5. The molecule has 28 heavy (non-hydrogen) atoms. The predicted octanol–water partition coefficient (Wildman–Crippen LogP) is 4.10. The van der Waals surface area contributed by atoms with E-state index in [1.165, 1.54) is 11.1 Å². The third-order valence-electron chi connectivity index (χ3n) is 5.45. The van der Waals surface area contributed by atoms with Gasteiger partial charge in [-0.1, -0.05) is 40.7 Å². The maximum Gasteiger partial charge on any atom is 0.304 e. The summed E-state index contributed by atoms with van der Waals surface area (Å²) in [6, 6.07) is 2.23. The molecule has 3 rings (SSSR count). The maximum atomic E-state index is 13.2. The molecule has 0 saturated heterocycles. The number of benzene rings is 1. The summed E-state index contributed by atoms with van der Waals surface area (Å²) < 4.78 is 0. The van der Waals surface area contributed by atoms with Gasteiger partial charge in [-0.3, -0.25) is 14.7 Å². The van der Waals surface area contributed by atoms with Crippen LogP contribution in [0.5, 0.6) is 0 Å². The summed E-state index contributed by atoms with van der Waals surface area (Å²) in [6.45, 7) is 11.7. The van der Waals surface area contributed by atoms with E-state index >= 15 is 0 Å². The first-order valence-corrected chi connectivity index (χ1v) is 10.0. The van der Waals surface area contributed by atoms with Gasteiger partial charge in [0, 0.05) is 24.4 Å². The molecule has 1 aromatic heterocycles. The van der Waals surface area contributed by atoms with Crippen LogP contribution in [0, 0.1) is 11.3 Å². The summed E-state index contributed by atoms with van der Waals surface area (Å²) in [7, 11) is 0. The van der Waals surface area contributed by atoms with Gasteiger partial charge >= 0.3 is 5.97 Å². The first-order valence-electron chi connectivity index (χ1n) is 10.0. The number of nitrogens with zero attached hydrogens (tertiary/aromatic N) is 2. The highest BCUT2D eigenvalue weighted by Crippen LogP contribution is 2.34. The normalized spacial score (nSPS) is 18.3. The van der Waals surface area contributed by atoms with Crippen molar-refractivity contribution in [1.82, 2.24) is 15.1 Å². The van der Waals surface area contributed by atoms with Crippen LogP contribution < -0.4 is 0 Å². The number of nitrogens with one attached hydrogen (secondary N) is 1. The van der Waals surface area contributed by atoms with Gasteiger partial charge in [0.2, 0.25) is 5.91 Å². The molecule has 2 heterocycles. The lowest BCUT2D eigenvalue weighted by molar-refractivity contribution is -0.145. The second kappa shape index (κ2) is 7.57. The summed E-state index contributed by atoms with van der Waals surface area (Å²) in [6.07, 6.45) is 3.01. The van der Waals surface area contributed by atoms with E-state index < -0.39 is 11.9 Å². The fraction of sp³-hybridized carbons (Fsp3) is 0.591. The van der Waals surface area contributed by atoms with Gasteiger partial charge < -0.3 is 10.0 Å². The van der Waals surface area contributed by atoms with Crippen molar-refractivity contribution in [3.05, 3.63) is 29.0 Å². The van der Waals surface area contributed by atoms with E-state index in [1.54, 1.807) is 0 Å². The molecular formula is C22H31N3O3. The molecule has 1 aromatic carbocycles. The van der Waals surface area contributed by atoms with E-state index in [0.29, 0.717) is 31.8 Å². The molecule has 152 valence electrons. The number of carbonyl (C=O) groups excluding carboxylic acids is 1. The van der Waals surface area contributed by atoms with Crippen LogP contribution in [-0.4, -0.2) is 38.6 Å². The lowest BCUT2D eigenvalue weighted by atomic mass is 9.85. The van der Waals surface area contributed by atoms with E-state index in [0.717, 1.165) is 16.5 Å². The minimum Gasteiger partial charge on any atom is -0.481 e. The molecule has 0 fully saturated rings. The number of aliphatic carboxylic acids is 1. The Labute approximate surface area is 166 Å². The van der Waals surface area contributed by atoms with Gasteiger partial charge in [0.15, 0.2) is 0 Å². The Morgan fingerprint density at radius 2 is 2.11 bits per heavy atom. The molecule has 6 heteroatoms. The molecule has 1 amide bonds. The van der Waals surface area contributed by atoms with Gasteiger partial charge in [0.05, 0.1) is 18.1 Å². The number of carbonyl (C=O) groups is 2. The predicted molar refractivity (Wildman–Crippen MR) is 109 cm³/mol. The fourth-order valence-electron chi connectivity index (χ4n) is 4.21. The highest BCUT2D eigenvalue weighted by Gasteiger charge is 2.32. The minimum atomic E-state index is -0.914. The van der Waals surface area contributed by atoms with Crippen molar-refractivity contribution < 1.29 is 14.7 Å². The van der Waals surface area contributed by atoms with Crippen molar-refractivity contribution in [2.75, 3.05) is 6.54 Å². The Balaban J connectivity index is 2.11. The molecule has 0 aliphatic carbocycles. The van der Waals surface area contributed by atoms with Crippen LogP contribution in [0.25, 0.3) is 10.9 Å². The SMILES string of the molecule is CC(C)c1cc2c(c3cn[nH]c13)CN(CC(C)(C)C)C(=O)[C@H](CC(=O)O)CC2. The number of hydrogen-bond donors (Lipinski definition) is 2. The van der Waals surface area contributed by atoms with Crippen molar-refractivity contribution >= 4 is 22.8 Å². The van der Waals surface area contributed by atoms with Gasteiger partial charge in [0.1, 0.15) is 0 Å². The fourth-order valence-corrected chi connectivity index (χ4v) is 4.21. The molecule has 1 aliphatic rings. The first-order chi connectivity index (χ1) is 13.1. The van der Waals surface area contributed by atoms with Crippen molar-refractivity contribution in [2.45, 2.75) is 66.3 Å². The number of aromatic amines is 1. The molecule has 0 unspecified atom stereocenters. The molecule has 1 atom stereocenters. The Morgan fingerprint density at radius 3 is 2.71 bits per heavy atom. The number of aromatic nitrogens is 2. The molecule has 6 nitrogen and oxygen atoms in total. The number of carboxylic acid groups (broad SMARTS) is 1. The van der Waals surface area contributed by atoms with E-state index in [1.807, 2.05) is 11.1 Å². The minimum absolute atomic E-state index is 0.0486. The zero-order valence-corrected chi connectivity index (χ0v) is 17.5. The average molecular weight is 386 g/mol. The Hall–Kier alpha value is -2.37. The van der Waals surface area contributed by atoms with Crippen LogP contribution in [0.4, 0.5) is 0 Å². The van der Waals surface area contributed by atoms with Crippen LogP contribution in [0.15, 0.2) is 12.3 Å². The summed E-state index contributed by atoms with van der Waals surface area (Å²) in [5.74, 6) is -1.09.